The lowest BCUT2D eigenvalue weighted by molar-refractivity contribution is -0.154. The third-order valence-electron chi connectivity index (χ3n) is 4.79. The third-order valence-corrected chi connectivity index (χ3v) is 4.79. The lowest BCUT2D eigenvalue weighted by Crippen LogP contribution is -2.30. The zero-order chi connectivity index (χ0) is 19.6. The van der Waals surface area contributed by atoms with Crippen molar-refractivity contribution in [2.45, 2.75) is 111 Å². The van der Waals surface area contributed by atoms with Crippen molar-refractivity contribution in [3.63, 3.8) is 0 Å². The standard InChI is InChI=1S/C22H40O4/c1-4-5-6-7-8-9-10-11-12-13-14-15-16-17-18-26-22(25)21(19(2)23)20(3)24/h21H,4-18H2,1-3H3. The van der Waals surface area contributed by atoms with Gasteiger partial charge in [0.25, 0.3) is 0 Å². The van der Waals surface area contributed by atoms with E-state index in [0.29, 0.717) is 6.61 Å². The number of carbonyl (C=O) groups excluding carboxylic acids is 3. The van der Waals surface area contributed by atoms with Gasteiger partial charge in [0.2, 0.25) is 0 Å². The van der Waals surface area contributed by atoms with Gasteiger partial charge in [-0.15, -0.1) is 0 Å². The van der Waals surface area contributed by atoms with Crippen LogP contribution in [-0.2, 0) is 19.1 Å². The highest BCUT2D eigenvalue weighted by atomic mass is 16.5. The van der Waals surface area contributed by atoms with E-state index < -0.39 is 23.5 Å². The predicted molar refractivity (Wildman–Crippen MR) is 106 cm³/mol. The molecule has 0 aliphatic heterocycles. The smallest absolute Gasteiger partial charge is 0.324 e. The molecular formula is C22H40O4. The largest absolute Gasteiger partial charge is 0.465 e. The molecule has 0 saturated heterocycles. The summed E-state index contributed by atoms with van der Waals surface area (Å²) in [4.78, 5) is 34.2. The normalized spacial score (nSPS) is 10.9. The van der Waals surface area contributed by atoms with E-state index in [1.165, 1.54) is 84.5 Å². The number of hydrogen-bond donors (Lipinski definition) is 0. The van der Waals surface area contributed by atoms with Crippen LogP contribution in [0.1, 0.15) is 111 Å². The first-order valence-corrected chi connectivity index (χ1v) is 10.7. The second kappa shape index (κ2) is 17.2. The van der Waals surface area contributed by atoms with Crippen LogP contribution in [-0.4, -0.2) is 24.1 Å². The Bertz CT molecular complexity index is 376. The third kappa shape index (κ3) is 14.0. The molecule has 26 heavy (non-hydrogen) atoms. The van der Waals surface area contributed by atoms with Gasteiger partial charge in [0.15, 0.2) is 17.5 Å². The Balaban J connectivity index is 3.37. The number of unbranched alkanes of at least 4 members (excludes halogenated alkanes) is 13. The summed E-state index contributed by atoms with van der Waals surface area (Å²) in [6, 6.07) is 0. The summed E-state index contributed by atoms with van der Waals surface area (Å²) in [5.74, 6) is -2.81. The van der Waals surface area contributed by atoms with Gasteiger partial charge in [0, 0.05) is 0 Å². The average molecular weight is 369 g/mol. The first kappa shape index (κ1) is 24.8. The van der Waals surface area contributed by atoms with Crippen molar-refractivity contribution in [3.05, 3.63) is 0 Å². The summed E-state index contributed by atoms with van der Waals surface area (Å²) >= 11 is 0. The summed E-state index contributed by atoms with van der Waals surface area (Å²) in [5.41, 5.74) is 0. The Kier molecular flexibility index (Phi) is 16.4. The van der Waals surface area contributed by atoms with Gasteiger partial charge in [-0.2, -0.15) is 0 Å². The Morgan fingerprint density at radius 3 is 1.31 bits per heavy atom. The summed E-state index contributed by atoms with van der Waals surface area (Å²) in [6.07, 6.45) is 17.8. The molecule has 4 nitrogen and oxygen atoms in total. The summed E-state index contributed by atoms with van der Waals surface area (Å²) in [5, 5.41) is 0. The van der Waals surface area contributed by atoms with Gasteiger partial charge in [0.05, 0.1) is 6.61 Å². The van der Waals surface area contributed by atoms with Crippen LogP contribution < -0.4 is 0 Å². The maximum atomic E-state index is 11.7. The molecule has 4 heteroatoms. The molecule has 0 spiro atoms. The number of rotatable bonds is 18. The van der Waals surface area contributed by atoms with Crippen molar-refractivity contribution in [1.82, 2.24) is 0 Å². The molecule has 0 aliphatic rings. The number of Topliss-reactive ketones (excluding diaryl/α,β-unsaturated/α-hetero) is 2. The predicted octanol–water partition coefficient (Wildman–Crippen LogP) is 5.81. The minimum atomic E-state index is -1.23. The fourth-order valence-electron chi connectivity index (χ4n) is 3.17. The monoisotopic (exact) mass is 368 g/mol. The Morgan fingerprint density at radius 1 is 0.615 bits per heavy atom. The molecule has 0 radical (unpaired) electrons. The molecule has 0 saturated carbocycles. The van der Waals surface area contributed by atoms with Crippen LogP contribution in [0.15, 0.2) is 0 Å². The van der Waals surface area contributed by atoms with E-state index in [4.69, 9.17) is 4.74 Å². The fraction of sp³-hybridized carbons (Fsp3) is 0.864. The van der Waals surface area contributed by atoms with Gasteiger partial charge in [-0.3, -0.25) is 14.4 Å². The molecule has 0 fully saturated rings. The van der Waals surface area contributed by atoms with Crippen LogP contribution in [0.25, 0.3) is 0 Å². The maximum absolute atomic E-state index is 11.7. The lowest BCUT2D eigenvalue weighted by atomic mass is 10.0. The van der Waals surface area contributed by atoms with Crippen LogP contribution in [0.5, 0.6) is 0 Å². The number of ether oxygens (including phenoxy) is 1. The van der Waals surface area contributed by atoms with E-state index >= 15 is 0 Å². The van der Waals surface area contributed by atoms with Crippen LogP contribution >= 0.6 is 0 Å². The molecule has 0 amide bonds. The minimum Gasteiger partial charge on any atom is -0.465 e. The molecule has 0 bridgehead atoms. The van der Waals surface area contributed by atoms with E-state index in [9.17, 15) is 14.4 Å². The highest BCUT2D eigenvalue weighted by molar-refractivity contribution is 6.15. The van der Waals surface area contributed by atoms with Crippen molar-refractivity contribution in [3.8, 4) is 0 Å². The van der Waals surface area contributed by atoms with Crippen molar-refractivity contribution < 1.29 is 19.1 Å². The quantitative estimate of drug-likeness (QED) is 0.174. The summed E-state index contributed by atoms with van der Waals surface area (Å²) in [7, 11) is 0. The van der Waals surface area contributed by atoms with Crippen LogP contribution in [0.4, 0.5) is 0 Å². The molecule has 0 N–H and O–H groups in total. The van der Waals surface area contributed by atoms with E-state index in [1.54, 1.807) is 0 Å². The van der Waals surface area contributed by atoms with Gasteiger partial charge in [0.1, 0.15) is 0 Å². The first-order chi connectivity index (χ1) is 12.5. The van der Waals surface area contributed by atoms with E-state index in [0.717, 1.165) is 19.3 Å². The SMILES string of the molecule is CCCCCCCCCCCCCCCCOC(=O)C(C(C)=O)C(C)=O. The highest BCUT2D eigenvalue weighted by Crippen LogP contribution is 2.13. The van der Waals surface area contributed by atoms with Crippen LogP contribution in [0.3, 0.4) is 0 Å². The van der Waals surface area contributed by atoms with Gasteiger partial charge >= 0.3 is 5.97 Å². The second-order valence-corrected chi connectivity index (χ2v) is 7.42. The number of hydrogen-bond acceptors (Lipinski definition) is 4. The summed E-state index contributed by atoms with van der Waals surface area (Å²) < 4.78 is 5.05. The van der Waals surface area contributed by atoms with Gasteiger partial charge < -0.3 is 4.74 Å². The van der Waals surface area contributed by atoms with E-state index in [2.05, 4.69) is 6.92 Å². The molecular weight excluding hydrogens is 328 g/mol. The Morgan fingerprint density at radius 2 is 0.962 bits per heavy atom. The molecule has 0 rings (SSSR count). The lowest BCUT2D eigenvalue weighted by Gasteiger charge is -2.10. The van der Waals surface area contributed by atoms with Gasteiger partial charge in [-0.1, -0.05) is 90.4 Å². The van der Waals surface area contributed by atoms with Crippen molar-refractivity contribution >= 4 is 17.5 Å². The molecule has 0 aromatic rings. The number of esters is 1. The average Bonchev–Trinajstić information content (AvgIpc) is 2.57. The van der Waals surface area contributed by atoms with Crippen molar-refractivity contribution in [2.24, 2.45) is 5.92 Å². The van der Waals surface area contributed by atoms with Crippen LogP contribution in [0, 0.1) is 5.92 Å². The second-order valence-electron chi connectivity index (χ2n) is 7.42. The van der Waals surface area contributed by atoms with Crippen LogP contribution in [0.2, 0.25) is 0 Å². The van der Waals surface area contributed by atoms with E-state index in [1.807, 2.05) is 0 Å². The maximum Gasteiger partial charge on any atom is 0.324 e. The zero-order valence-corrected chi connectivity index (χ0v) is 17.3. The van der Waals surface area contributed by atoms with Crippen molar-refractivity contribution in [1.29, 1.82) is 0 Å². The molecule has 152 valence electrons. The fourth-order valence-corrected chi connectivity index (χ4v) is 3.17. The van der Waals surface area contributed by atoms with Crippen molar-refractivity contribution in [2.75, 3.05) is 6.61 Å². The Labute approximate surface area is 160 Å². The number of ketones is 2. The Hall–Kier alpha value is -1.19. The molecule has 0 aromatic heterocycles. The molecule has 0 aromatic carbocycles. The van der Waals surface area contributed by atoms with Gasteiger partial charge in [-0.05, 0) is 20.3 Å². The highest BCUT2D eigenvalue weighted by Gasteiger charge is 2.29. The molecule has 0 heterocycles. The number of carbonyl (C=O) groups is 3. The summed E-state index contributed by atoms with van der Waals surface area (Å²) in [6.45, 7) is 5.05. The van der Waals surface area contributed by atoms with E-state index in [-0.39, 0.29) is 0 Å². The zero-order valence-electron chi connectivity index (χ0n) is 17.3. The molecule has 0 atom stereocenters. The topological polar surface area (TPSA) is 60.4 Å². The first-order valence-electron chi connectivity index (χ1n) is 10.7. The molecule has 0 unspecified atom stereocenters. The molecule has 0 aliphatic carbocycles. The minimum absolute atomic E-state index is 0.300. The van der Waals surface area contributed by atoms with Gasteiger partial charge in [-0.25, -0.2) is 0 Å².